The maximum atomic E-state index is 13.0. The van der Waals surface area contributed by atoms with Crippen molar-refractivity contribution in [1.29, 1.82) is 0 Å². The van der Waals surface area contributed by atoms with E-state index in [2.05, 4.69) is 6.58 Å². The fourth-order valence-corrected chi connectivity index (χ4v) is 1.48. The predicted molar refractivity (Wildman–Crippen MR) is 65.0 cm³/mol. The zero-order valence-electron chi connectivity index (χ0n) is 8.25. The van der Waals surface area contributed by atoms with Crippen LogP contribution in [0.5, 0.6) is 0 Å². The molecule has 0 saturated carbocycles. The number of halogens is 3. The third-order valence-corrected chi connectivity index (χ3v) is 2.21. The Bertz CT molecular complexity index is 308. The monoisotopic (exact) mass is 249 g/mol. The van der Waals surface area contributed by atoms with Crippen LogP contribution in [0.3, 0.4) is 0 Å². The topological polar surface area (TPSA) is 26.0 Å². The van der Waals surface area contributed by atoms with Gasteiger partial charge in [-0.25, -0.2) is 4.39 Å². The number of benzene rings is 1. The zero-order chi connectivity index (χ0) is 10.6. The molecule has 0 amide bonds. The SMILES string of the molecule is C=CCC[C@@H](N)c1cc(F)cc(Cl)c1.Cl. The number of allylic oxidation sites excluding steroid dienone is 1. The Labute approximate surface area is 101 Å². The van der Waals surface area contributed by atoms with Gasteiger partial charge in [-0.05, 0) is 36.6 Å². The Morgan fingerprint density at radius 2 is 2.13 bits per heavy atom. The van der Waals surface area contributed by atoms with E-state index in [0.29, 0.717) is 5.02 Å². The van der Waals surface area contributed by atoms with Crippen LogP contribution in [0.2, 0.25) is 5.02 Å². The third kappa shape index (κ3) is 4.65. The Balaban J connectivity index is 0.00000196. The van der Waals surface area contributed by atoms with Crippen LogP contribution in [0, 0.1) is 5.82 Å². The number of rotatable bonds is 4. The summed E-state index contributed by atoms with van der Waals surface area (Å²) in [6, 6.07) is 4.20. The molecule has 84 valence electrons. The molecule has 0 aliphatic carbocycles. The van der Waals surface area contributed by atoms with Crippen molar-refractivity contribution in [2.24, 2.45) is 5.73 Å². The molecule has 0 fully saturated rings. The molecule has 1 aromatic carbocycles. The van der Waals surface area contributed by atoms with E-state index in [9.17, 15) is 4.39 Å². The van der Waals surface area contributed by atoms with Crippen LogP contribution < -0.4 is 5.73 Å². The molecule has 2 N–H and O–H groups in total. The molecule has 0 saturated heterocycles. The number of hydrogen-bond acceptors (Lipinski definition) is 1. The molecule has 0 radical (unpaired) electrons. The van der Waals surface area contributed by atoms with Crippen LogP contribution in [0.1, 0.15) is 24.4 Å². The van der Waals surface area contributed by atoms with Gasteiger partial charge in [0.05, 0.1) is 0 Å². The highest BCUT2D eigenvalue weighted by Crippen LogP contribution is 2.21. The summed E-state index contributed by atoms with van der Waals surface area (Å²) in [5.74, 6) is -0.346. The van der Waals surface area contributed by atoms with Crippen molar-refractivity contribution in [3.05, 3.63) is 47.3 Å². The standard InChI is InChI=1S/C11H13ClFN.ClH/c1-2-3-4-11(14)8-5-9(12)7-10(13)6-8;/h2,5-7,11H,1,3-4,14H2;1H/t11-;/m1./s1. The fraction of sp³-hybridized carbons (Fsp3) is 0.273. The molecule has 0 aliphatic rings. The minimum Gasteiger partial charge on any atom is -0.324 e. The highest BCUT2D eigenvalue weighted by Gasteiger charge is 2.07. The van der Waals surface area contributed by atoms with E-state index >= 15 is 0 Å². The van der Waals surface area contributed by atoms with E-state index in [1.807, 2.05) is 0 Å². The van der Waals surface area contributed by atoms with E-state index in [1.165, 1.54) is 12.1 Å². The van der Waals surface area contributed by atoms with Gasteiger partial charge in [0.25, 0.3) is 0 Å². The predicted octanol–water partition coefficient (Wildman–Crippen LogP) is 3.87. The van der Waals surface area contributed by atoms with Gasteiger partial charge >= 0.3 is 0 Å². The molecular formula is C11H14Cl2FN. The van der Waals surface area contributed by atoms with Gasteiger partial charge in [-0.1, -0.05) is 17.7 Å². The minimum absolute atomic E-state index is 0. The first-order chi connectivity index (χ1) is 6.63. The maximum Gasteiger partial charge on any atom is 0.125 e. The second-order valence-electron chi connectivity index (χ2n) is 3.18. The lowest BCUT2D eigenvalue weighted by Gasteiger charge is -2.11. The van der Waals surface area contributed by atoms with Crippen molar-refractivity contribution >= 4 is 24.0 Å². The van der Waals surface area contributed by atoms with Crippen molar-refractivity contribution in [1.82, 2.24) is 0 Å². The summed E-state index contributed by atoms with van der Waals surface area (Å²) >= 11 is 5.71. The minimum atomic E-state index is -0.346. The number of nitrogens with two attached hydrogens (primary N) is 1. The fourth-order valence-electron chi connectivity index (χ4n) is 1.25. The van der Waals surface area contributed by atoms with Gasteiger partial charge in [0.15, 0.2) is 0 Å². The lowest BCUT2D eigenvalue weighted by Crippen LogP contribution is -2.10. The maximum absolute atomic E-state index is 13.0. The molecule has 0 spiro atoms. The Kier molecular flexibility index (Phi) is 6.57. The van der Waals surface area contributed by atoms with E-state index in [1.54, 1.807) is 12.1 Å². The Morgan fingerprint density at radius 1 is 1.47 bits per heavy atom. The van der Waals surface area contributed by atoms with Crippen LogP contribution in [0.25, 0.3) is 0 Å². The molecule has 0 aliphatic heterocycles. The average Bonchev–Trinajstić information content (AvgIpc) is 2.12. The normalized spacial score (nSPS) is 11.7. The molecule has 15 heavy (non-hydrogen) atoms. The summed E-state index contributed by atoms with van der Waals surface area (Å²) in [6.07, 6.45) is 3.36. The van der Waals surface area contributed by atoms with E-state index in [4.69, 9.17) is 17.3 Å². The molecule has 0 bridgehead atoms. The van der Waals surface area contributed by atoms with Crippen molar-refractivity contribution in [3.63, 3.8) is 0 Å². The highest BCUT2D eigenvalue weighted by molar-refractivity contribution is 6.30. The van der Waals surface area contributed by atoms with Crippen LogP contribution >= 0.6 is 24.0 Å². The summed E-state index contributed by atoms with van der Waals surface area (Å²) in [4.78, 5) is 0. The van der Waals surface area contributed by atoms with E-state index in [-0.39, 0.29) is 24.3 Å². The van der Waals surface area contributed by atoms with E-state index in [0.717, 1.165) is 18.4 Å². The average molecular weight is 250 g/mol. The first kappa shape index (κ1) is 14.4. The third-order valence-electron chi connectivity index (χ3n) is 1.99. The Morgan fingerprint density at radius 3 is 2.67 bits per heavy atom. The smallest absolute Gasteiger partial charge is 0.125 e. The van der Waals surface area contributed by atoms with Gasteiger partial charge in [0.1, 0.15) is 5.82 Å². The van der Waals surface area contributed by atoms with Crippen molar-refractivity contribution in [2.45, 2.75) is 18.9 Å². The van der Waals surface area contributed by atoms with Gasteiger partial charge < -0.3 is 5.73 Å². The van der Waals surface area contributed by atoms with Gasteiger partial charge in [0, 0.05) is 11.1 Å². The van der Waals surface area contributed by atoms with Crippen molar-refractivity contribution in [3.8, 4) is 0 Å². The van der Waals surface area contributed by atoms with Gasteiger partial charge in [-0.15, -0.1) is 19.0 Å². The summed E-state index contributed by atoms with van der Waals surface area (Å²) in [5.41, 5.74) is 6.58. The first-order valence-electron chi connectivity index (χ1n) is 4.46. The van der Waals surface area contributed by atoms with Crippen LogP contribution in [0.4, 0.5) is 4.39 Å². The molecule has 1 aromatic rings. The van der Waals surface area contributed by atoms with Crippen molar-refractivity contribution in [2.75, 3.05) is 0 Å². The quantitative estimate of drug-likeness (QED) is 0.806. The van der Waals surface area contributed by atoms with Crippen LogP contribution in [-0.4, -0.2) is 0 Å². The second kappa shape index (κ2) is 6.83. The largest absolute Gasteiger partial charge is 0.324 e. The van der Waals surface area contributed by atoms with Crippen LogP contribution in [-0.2, 0) is 0 Å². The van der Waals surface area contributed by atoms with E-state index < -0.39 is 0 Å². The van der Waals surface area contributed by atoms with Gasteiger partial charge in [0.2, 0.25) is 0 Å². The summed E-state index contributed by atoms with van der Waals surface area (Å²) in [5, 5.41) is 0.383. The highest BCUT2D eigenvalue weighted by atomic mass is 35.5. The first-order valence-corrected chi connectivity index (χ1v) is 4.83. The van der Waals surface area contributed by atoms with Gasteiger partial charge in [-0.3, -0.25) is 0 Å². The molecule has 1 rings (SSSR count). The Hall–Kier alpha value is -0.570. The summed E-state index contributed by atoms with van der Waals surface area (Å²) < 4.78 is 13.0. The summed E-state index contributed by atoms with van der Waals surface area (Å²) in [6.45, 7) is 3.61. The second-order valence-corrected chi connectivity index (χ2v) is 3.61. The molecule has 1 nitrogen and oxygen atoms in total. The summed E-state index contributed by atoms with van der Waals surface area (Å²) in [7, 11) is 0. The molecule has 1 atom stereocenters. The molecule has 4 heteroatoms. The number of hydrogen-bond donors (Lipinski definition) is 1. The molecular weight excluding hydrogens is 236 g/mol. The van der Waals surface area contributed by atoms with Crippen molar-refractivity contribution < 1.29 is 4.39 Å². The lowest BCUT2D eigenvalue weighted by molar-refractivity contribution is 0.611. The van der Waals surface area contributed by atoms with Gasteiger partial charge in [-0.2, -0.15) is 0 Å². The van der Waals surface area contributed by atoms with Crippen LogP contribution in [0.15, 0.2) is 30.9 Å². The molecule has 0 unspecified atom stereocenters. The zero-order valence-corrected chi connectivity index (χ0v) is 9.82. The molecule has 0 aromatic heterocycles. The molecule has 0 heterocycles. The lowest BCUT2D eigenvalue weighted by atomic mass is 10.0.